The summed E-state index contributed by atoms with van der Waals surface area (Å²) in [6.07, 6.45) is 18.3. The van der Waals surface area contributed by atoms with Crippen molar-refractivity contribution in [2.45, 2.75) is 116 Å². The Morgan fingerprint density at radius 1 is 0.317 bits per heavy atom. The minimum Gasteiger partial charge on any atom is -0.364 e. The molecule has 21 heteroatoms. The van der Waals surface area contributed by atoms with Gasteiger partial charge in [-0.3, -0.25) is 0 Å². The first kappa shape index (κ1) is 77.0. The van der Waals surface area contributed by atoms with E-state index in [4.69, 9.17) is 34.7 Å². The predicted octanol–water partition coefficient (Wildman–Crippen LogP) is 27.8. The van der Waals surface area contributed by atoms with E-state index in [1.54, 1.807) is 0 Å². The molecule has 0 amide bonds. The molecule has 15 aromatic rings. The van der Waals surface area contributed by atoms with Gasteiger partial charge in [0.05, 0.1) is 53.3 Å². The molecule has 12 nitrogen and oxygen atoms in total. The fraction of sp³-hybridized carbons (Fsp3) is 0.273. The van der Waals surface area contributed by atoms with Crippen LogP contribution in [0.3, 0.4) is 0 Å². The Morgan fingerprint density at radius 3 is 0.817 bits per heavy atom. The highest BCUT2D eigenvalue weighted by atomic mass is 19.2. The molecule has 9 aliphatic rings. The molecule has 0 saturated heterocycles. The molecule has 2 unspecified atom stereocenters. The Balaban J connectivity index is 0.000000119. The molecule has 0 aliphatic heterocycles. The van der Waals surface area contributed by atoms with E-state index in [1.807, 2.05) is 127 Å². The lowest BCUT2D eigenvalue weighted by Crippen LogP contribution is -2.47. The van der Waals surface area contributed by atoms with Gasteiger partial charge < -0.3 is 30.9 Å². The normalized spacial score (nSPS) is 22.1. The van der Waals surface area contributed by atoms with Crippen molar-refractivity contribution >= 4 is 99.5 Å². The van der Waals surface area contributed by atoms with Crippen LogP contribution in [-0.4, -0.2) is 48.0 Å². The molecule has 9 fully saturated rings. The molecule has 6 N–H and O–H groups in total. The number of fused-ring (bicyclic) bond motifs is 15. The van der Waals surface area contributed by atoms with Crippen LogP contribution in [0.1, 0.15) is 97.8 Å². The number of anilines is 3. The van der Waals surface area contributed by atoms with Gasteiger partial charge in [-0.15, -0.1) is 0 Å². The van der Waals surface area contributed by atoms with E-state index in [9.17, 15) is 26.3 Å². The lowest BCUT2D eigenvalue weighted by Gasteiger charge is -2.47. The largest absolute Gasteiger partial charge is 0.364 e. The third kappa shape index (κ3) is 13.5. The molecule has 6 bridgehead atoms. The first-order chi connectivity index (χ1) is 58.3. The molecule has 0 spiro atoms. The number of hydrogen-bond acceptors (Lipinski definition) is 6. The van der Waals surface area contributed by atoms with Crippen molar-refractivity contribution in [3.63, 3.8) is 0 Å². The number of H-pyrrole nitrogens is 3. The van der Waals surface area contributed by atoms with Crippen LogP contribution in [0.4, 0.5) is 74.0 Å². The summed E-state index contributed by atoms with van der Waals surface area (Å²) in [6, 6.07) is 46.3. The van der Waals surface area contributed by atoms with E-state index in [2.05, 4.69) is 66.2 Å². The van der Waals surface area contributed by atoms with Crippen LogP contribution in [0.25, 0.3) is 147 Å². The van der Waals surface area contributed by atoms with Crippen LogP contribution < -0.4 is 16.0 Å². The Bertz CT molecular complexity index is 6120. The summed E-state index contributed by atoms with van der Waals surface area (Å²) in [6.45, 7) is 30.9. The van der Waals surface area contributed by atoms with Gasteiger partial charge in [0.25, 0.3) is 0 Å². The van der Waals surface area contributed by atoms with Crippen LogP contribution in [0, 0.1) is 125 Å². The topological polar surface area (TPSA) is 135 Å². The molecule has 0 radical (unpaired) electrons. The summed E-state index contributed by atoms with van der Waals surface area (Å²) in [5.41, 5.74) is 3.98. The molecular formula is C99H81F9N12. The summed E-state index contributed by atoms with van der Waals surface area (Å²) in [5.74, 6) is -1.88. The Labute approximate surface area is 686 Å². The van der Waals surface area contributed by atoms with Crippen LogP contribution in [0.2, 0.25) is 0 Å². The van der Waals surface area contributed by atoms with Crippen molar-refractivity contribution in [2.24, 2.45) is 53.3 Å². The highest BCUT2D eigenvalue weighted by Gasteiger charge is 2.45. The minimum atomic E-state index is -0.743. The van der Waals surface area contributed by atoms with E-state index in [0.29, 0.717) is 86.6 Å². The predicted molar refractivity (Wildman–Crippen MR) is 458 cm³/mol. The third-order valence-corrected chi connectivity index (χ3v) is 27.5. The van der Waals surface area contributed by atoms with Crippen LogP contribution in [0.15, 0.2) is 182 Å². The molecule has 6 atom stereocenters. The van der Waals surface area contributed by atoms with Crippen LogP contribution >= 0.6 is 0 Å². The number of nitrogens with one attached hydrogen (secondary N) is 6. The van der Waals surface area contributed by atoms with Gasteiger partial charge in [-0.25, -0.2) is 69.0 Å². The van der Waals surface area contributed by atoms with Gasteiger partial charge in [-0.05, 0) is 216 Å². The molecular weight excluding hydrogens is 1530 g/mol. The van der Waals surface area contributed by atoms with Crippen molar-refractivity contribution in [1.29, 1.82) is 0 Å². The molecule has 600 valence electrons. The van der Waals surface area contributed by atoms with Gasteiger partial charge in [0, 0.05) is 104 Å². The monoisotopic (exact) mass is 1610 g/mol. The smallest absolute Gasteiger partial charge is 0.223 e. The van der Waals surface area contributed by atoms with Crippen LogP contribution in [-0.2, 0) is 0 Å². The number of aromatic nitrogens is 6. The van der Waals surface area contributed by atoms with Gasteiger partial charge in [-0.1, -0.05) is 130 Å². The SMILES string of the molecule is [C-]#[N+]c1c(-c2c[nH]c3c(F)cc(F)cc23)nc(NC2C3CCC(CC3)C2C)c(F)c1-c1ccc2ccccc2c1.[C-]#[N+]c1c(-c2c[nH]c3c(F)cc(F)cc23)nc(N[C@@H]2C3CCC(CC3)[C@H]2C)c(F)c1-c1ccc2ccccc2c1.[C-]#[N+]c1c(-c2c[nH]c3c(F)cc(F)cc23)nc(N[C@H]2C3CCC(CC3)[C@@H]2C)c(F)c1-c1ccc2ccccc2c1. The molecule has 120 heavy (non-hydrogen) atoms. The molecule has 6 aromatic heterocycles. The second kappa shape index (κ2) is 31.1. The average molecular weight is 1610 g/mol. The number of rotatable bonds is 12. The highest BCUT2D eigenvalue weighted by Crippen LogP contribution is 2.54. The number of benzene rings is 9. The second-order valence-corrected chi connectivity index (χ2v) is 33.7. The van der Waals surface area contributed by atoms with Gasteiger partial charge in [0.2, 0.25) is 17.1 Å². The zero-order valence-corrected chi connectivity index (χ0v) is 65.8. The van der Waals surface area contributed by atoms with Gasteiger partial charge >= 0.3 is 0 Å². The second-order valence-electron chi connectivity index (χ2n) is 33.7. The van der Waals surface area contributed by atoms with Gasteiger partial charge in [-0.2, -0.15) is 0 Å². The summed E-state index contributed by atoms with van der Waals surface area (Å²) < 4.78 is 137. The molecule has 6 heterocycles. The fourth-order valence-electron chi connectivity index (χ4n) is 21.2. The van der Waals surface area contributed by atoms with Crippen molar-refractivity contribution < 1.29 is 39.5 Å². The lowest BCUT2D eigenvalue weighted by molar-refractivity contribution is 0.0926. The molecule has 9 aromatic carbocycles. The maximum Gasteiger partial charge on any atom is 0.223 e. The number of aromatic amines is 3. The standard InChI is InChI=1S/3C33H27F3N4/c3*1-17-18-7-10-20(11-8-18)29(17)39-33-28(36)27(22-12-9-19-5-3-4-6-21(19)13-22)32(37-2)31(40-33)25-16-38-30-24(25)14-23(34)15-26(30)35/h3*3-6,9,12-18,20,29,38H,7-8,10-11H2,1H3,(H,39,40)/t2*17-,18?,20?,29+;/m10./s1. The molecule has 9 aliphatic carbocycles. The zero-order valence-electron chi connectivity index (χ0n) is 65.8. The van der Waals surface area contributed by atoms with Crippen molar-refractivity contribution in [2.75, 3.05) is 16.0 Å². The first-order valence-corrected chi connectivity index (χ1v) is 41.3. The van der Waals surface area contributed by atoms with Crippen molar-refractivity contribution in [1.82, 2.24) is 29.9 Å². The van der Waals surface area contributed by atoms with Crippen LogP contribution in [0.5, 0.6) is 0 Å². The summed E-state index contributed by atoms with van der Waals surface area (Å²) in [5, 5.41) is 16.9. The summed E-state index contributed by atoms with van der Waals surface area (Å²) in [4.78, 5) is 33.9. The quantitative estimate of drug-likeness (QED) is 0.0533. The average Bonchev–Trinajstić information content (AvgIpc) is 1.46. The summed E-state index contributed by atoms with van der Waals surface area (Å²) >= 11 is 0. The number of halogens is 9. The van der Waals surface area contributed by atoms with E-state index in [1.165, 1.54) is 75.3 Å². The van der Waals surface area contributed by atoms with E-state index in [0.717, 1.165) is 89.0 Å². The van der Waals surface area contributed by atoms with E-state index >= 15 is 13.2 Å². The maximum absolute atomic E-state index is 16.6. The van der Waals surface area contributed by atoms with E-state index in [-0.39, 0.29) is 119 Å². The minimum absolute atomic E-state index is 0.00196. The van der Waals surface area contributed by atoms with E-state index < -0.39 is 52.4 Å². The Kier molecular flexibility index (Phi) is 20.0. The van der Waals surface area contributed by atoms with Crippen molar-refractivity contribution in [3.8, 4) is 67.2 Å². The Morgan fingerprint density at radius 2 is 0.567 bits per heavy atom. The third-order valence-electron chi connectivity index (χ3n) is 27.5. The highest BCUT2D eigenvalue weighted by molar-refractivity contribution is 6.06. The van der Waals surface area contributed by atoms with Gasteiger partial charge in [0.1, 0.15) is 34.9 Å². The fourth-order valence-corrected chi connectivity index (χ4v) is 21.2. The zero-order chi connectivity index (χ0) is 82.6. The molecule has 24 rings (SSSR count). The maximum atomic E-state index is 16.6. The number of hydrogen-bond donors (Lipinski definition) is 6. The molecule has 9 saturated carbocycles. The summed E-state index contributed by atoms with van der Waals surface area (Å²) in [7, 11) is 0. The first-order valence-electron chi connectivity index (χ1n) is 41.3. The Hall–Kier alpha value is -12.9. The number of pyridine rings is 3. The number of nitrogens with zero attached hydrogens (tertiary/aromatic N) is 6. The van der Waals surface area contributed by atoms with Crippen molar-refractivity contribution in [3.05, 3.63) is 269 Å². The lowest BCUT2D eigenvalue weighted by atomic mass is 9.62. The van der Waals surface area contributed by atoms with Gasteiger partial charge in [0.15, 0.2) is 34.9 Å².